The molecule has 0 aliphatic carbocycles. The van der Waals surface area contributed by atoms with Gasteiger partial charge < -0.3 is 24.4 Å². The zero-order valence-electron chi connectivity index (χ0n) is 20.0. The third-order valence-corrected chi connectivity index (χ3v) is 5.84. The van der Waals surface area contributed by atoms with Crippen LogP contribution in [0.4, 0.5) is 5.69 Å². The Kier molecular flexibility index (Phi) is 6.96. The van der Waals surface area contributed by atoms with Crippen LogP contribution in [0.15, 0.2) is 72.8 Å². The number of phenolic OH excluding ortho intramolecular Hbond substituents is 2. The van der Waals surface area contributed by atoms with Crippen LogP contribution in [0, 0.1) is 17.0 Å². The van der Waals surface area contributed by atoms with E-state index in [9.17, 15) is 20.3 Å². The van der Waals surface area contributed by atoms with E-state index < -0.39 is 4.92 Å². The molecule has 0 atom stereocenters. The van der Waals surface area contributed by atoms with Gasteiger partial charge in [0.25, 0.3) is 5.69 Å². The van der Waals surface area contributed by atoms with Crippen LogP contribution in [0.5, 0.6) is 28.7 Å². The third kappa shape index (κ3) is 4.74. The van der Waals surface area contributed by atoms with Crippen LogP contribution in [0.3, 0.4) is 0 Å². The summed E-state index contributed by atoms with van der Waals surface area (Å²) in [4.78, 5) is 11.0. The van der Waals surface area contributed by atoms with Crippen molar-refractivity contribution in [1.82, 2.24) is 0 Å². The summed E-state index contributed by atoms with van der Waals surface area (Å²) in [6, 6.07) is 20.7. The number of hydrogen-bond donors (Lipinski definition) is 2. The summed E-state index contributed by atoms with van der Waals surface area (Å²) in [5, 5.41) is 33.2. The molecular formula is C28H25NO7. The van der Waals surface area contributed by atoms with Crippen molar-refractivity contribution in [2.45, 2.75) is 13.5 Å². The first-order valence-corrected chi connectivity index (χ1v) is 11.1. The highest BCUT2D eigenvalue weighted by molar-refractivity contribution is 5.88. The molecule has 0 aliphatic rings. The summed E-state index contributed by atoms with van der Waals surface area (Å²) in [5.41, 5.74) is 3.09. The maximum atomic E-state index is 11.4. The van der Waals surface area contributed by atoms with Crippen LogP contribution in [0.1, 0.15) is 11.1 Å². The molecule has 0 fully saturated rings. The maximum Gasteiger partial charge on any atom is 0.272 e. The third-order valence-electron chi connectivity index (χ3n) is 5.84. The van der Waals surface area contributed by atoms with Crippen molar-refractivity contribution in [1.29, 1.82) is 0 Å². The number of nitro groups is 1. The van der Waals surface area contributed by atoms with Crippen LogP contribution in [0.2, 0.25) is 0 Å². The van der Waals surface area contributed by atoms with Gasteiger partial charge in [0.05, 0.1) is 24.7 Å². The van der Waals surface area contributed by atoms with Gasteiger partial charge in [0.15, 0.2) is 23.0 Å². The zero-order valence-corrected chi connectivity index (χ0v) is 20.0. The summed E-state index contributed by atoms with van der Waals surface area (Å²) < 4.78 is 16.8. The zero-order chi connectivity index (χ0) is 25.8. The maximum absolute atomic E-state index is 11.4. The molecule has 0 saturated heterocycles. The average molecular weight is 488 g/mol. The molecule has 0 heterocycles. The minimum Gasteiger partial charge on any atom is -0.504 e. The van der Waals surface area contributed by atoms with E-state index in [1.807, 2.05) is 30.3 Å². The van der Waals surface area contributed by atoms with E-state index in [1.54, 1.807) is 37.3 Å². The normalized spacial score (nSPS) is 10.6. The van der Waals surface area contributed by atoms with Crippen molar-refractivity contribution in [2.24, 2.45) is 0 Å². The first-order chi connectivity index (χ1) is 17.3. The Balaban J connectivity index is 1.75. The monoisotopic (exact) mass is 487 g/mol. The predicted molar refractivity (Wildman–Crippen MR) is 136 cm³/mol. The van der Waals surface area contributed by atoms with Gasteiger partial charge in [0.1, 0.15) is 12.4 Å². The fourth-order valence-corrected chi connectivity index (χ4v) is 3.99. The molecule has 0 saturated carbocycles. The van der Waals surface area contributed by atoms with E-state index >= 15 is 0 Å². The van der Waals surface area contributed by atoms with E-state index in [0.29, 0.717) is 33.6 Å². The number of aromatic hydroxyl groups is 2. The molecule has 4 aromatic rings. The van der Waals surface area contributed by atoms with E-state index in [4.69, 9.17) is 14.2 Å². The van der Waals surface area contributed by atoms with Crippen LogP contribution in [0.25, 0.3) is 22.3 Å². The first kappa shape index (κ1) is 24.4. The van der Waals surface area contributed by atoms with E-state index in [-0.39, 0.29) is 35.3 Å². The lowest BCUT2D eigenvalue weighted by molar-refractivity contribution is -0.385. The van der Waals surface area contributed by atoms with Crippen LogP contribution in [-0.4, -0.2) is 29.4 Å². The average Bonchev–Trinajstić information content (AvgIpc) is 2.88. The lowest BCUT2D eigenvalue weighted by atomic mass is 9.95. The van der Waals surface area contributed by atoms with Crippen molar-refractivity contribution in [3.8, 4) is 51.0 Å². The number of nitrogens with zero attached hydrogens (tertiary/aromatic N) is 1. The minimum atomic E-state index is -0.457. The van der Waals surface area contributed by atoms with Gasteiger partial charge in [0.2, 0.25) is 0 Å². The lowest BCUT2D eigenvalue weighted by Crippen LogP contribution is -1.98. The fourth-order valence-electron chi connectivity index (χ4n) is 3.99. The van der Waals surface area contributed by atoms with Crippen molar-refractivity contribution < 1.29 is 29.3 Å². The smallest absolute Gasteiger partial charge is 0.272 e. The van der Waals surface area contributed by atoms with E-state index in [2.05, 4.69) is 0 Å². The van der Waals surface area contributed by atoms with Crippen molar-refractivity contribution in [3.05, 3.63) is 94.0 Å². The number of hydrogen-bond acceptors (Lipinski definition) is 7. The Morgan fingerprint density at radius 1 is 0.861 bits per heavy atom. The quantitative estimate of drug-likeness (QED) is 0.223. The molecule has 0 unspecified atom stereocenters. The van der Waals surface area contributed by atoms with Gasteiger partial charge in [-0.15, -0.1) is 0 Å². The SMILES string of the molecule is COc1cc(-c2ccc(C)c([N+](=O)[O-])c2)c(OC)c(O)c1-c1ccc(OCc2ccccc2)c(O)c1. The Hall–Kier alpha value is -4.72. The summed E-state index contributed by atoms with van der Waals surface area (Å²) in [6.07, 6.45) is 0. The molecule has 0 radical (unpaired) electrons. The number of benzene rings is 4. The molecule has 0 aliphatic heterocycles. The van der Waals surface area contributed by atoms with Crippen LogP contribution in [-0.2, 0) is 6.61 Å². The van der Waals surface area contributed by atoms with Gasteiger partial charge in [-0.05, 0) is 41.8 Å². The second-order valence-electron chi connectivity index (χ2n) is 8.10. The lowest BCUT2D eigenvalue weighted by Gasteiger charge is -2.18. The summed E-state index contributed by atoms with van der Waals surface area (Å²) in [7, 11) is 2.85. The molecular weight excluding hydrogens is 462 g/mol. The molecule has 0 spiro atoms. The van der Waals surface area contributed by atoms with Crippen molar-refractivity contribution in [3.63, 3.8) is 0 Å². The van der Waals surface area contributed by atoms with E-state index in [0.717, 1.165) is 5.56 Å². The number of ether oxygens (including phenoxy) is 3. The molecule has 8 nitrogen and oxygen atoms in total. The number of phenols is 2. The highest BCUT2D eigenvalue weighted by Gasteiger charge is 2.24. The Labute approximate surface area is 208 Å². The van der Waals surface area contributed by atoms with Gasteiger partial charge in [0, 0.05) is 17.2 Å². The molecule has 8 heteroatoms. The standard InChI is InChI=1S/C28H25NO7/c1-17-9-10-19(13-22(17)29(32)33)21-15-25(34-2)26(27(31)28(21)35-3)20-11-12-24(23(30)14-20)36-16-18-7-5-4-6-8-18/h4-15,30-31H,16H2,1-3H3. The van der Waals surface area contributed by atoms with Gasteiger partial charge >= 0.3 is 0 Å². The van der Waals surface area contributed by atoms with Gasteiger partial charge in [-0.2, -0.15) is 0 Å². The Morgan fingerprint density at radius 3 is 2.22 bits per heavy atom. The summed E-state index contributed by atoms with van der Waals surface area (Å²) in [6.45, 7) is 1.94. The van der Waals surface area contributed by atoms with Crippen molar-refractivity contribution in [2.75, 3.05) is 14.2 Å². The summed E-state index contributed by atoms with van der Waals surface area (Å²) >= 11 is 0. The van der Waals surface area contributed by atoms with E-state index in [1.165, 1.54) is 26.4 Å². The van der Waals surface area contributed by atoms with Crippen molar-refractivity contribution >= 4 is 5.69 Å². The van der Waals surface area contributed by atoms with Crippen LogP contribution >= 0.6 is 0 Å². The topological polar surface area (TPSA) is 111 Å². The van der Waals surface area contributed by atoms with Crippen LogP contribution < -0.4 is 14.2 Å². The highest BCUT2D eigenvalue weighted by Crippen LogP contribution is 2.50. The largest absolute Gasteiger partial charge is 0.504 e. The predicted octanol–water partition coefficient (Wildman–Crippen LogP) is 6.24. The first-order valence-electron chi connectivity index (χ1n) is 11.1. The number of rotatable bonds is 8. The fraction of sp³-hybridized carbons (Fsp3) is 0.143. The Bertz CT molecular complexity index is 1420. The summed E-state index contributed by atoms with van der Waals surface area (Å²) in [5.74, 6) is 0.364. The highest BCUT2D eigenvalue weighted by atomic mass is 16.6. The number of nitro benzene ring substituents is 1. The van der Waals surface area contributed by atoms with Gasteiger partial charge in [-0.3, -0.25) is 10.1 Å². The molecule has 4 aromatic carbocycles. The number of aryl methyl sites for hydroxylation is 1. The second kappa shape index (κ2) is 10.3. The molecule has 4 rings (SSSR count). The molecule has 0 bridgehead atoms. The molecule has 0 amide bonds. The Morgan fingerprint density at radius 2 is 1.58 bits per heavy atom. The number of methoxy groups -OCH3 is 2. The second-order valence-corrected chi connectivity index (χ2v) is 8.10. The molecule has 0 aromatic heterocycles. The minimum absolute atomic E-state index is 0.0481. The van der Waals surface area contributed by atoms with Gasteiger partial charge in [-0.1, -0.05) is 48.5 Å². The molecule has 184 valence electrons. The van der Waals surface area contributed by atoms with Gasteiger partial charge in [-0.25, -0.2) is 0 Å². The molecule has 2 N–H and O–H groups in total. The molecule has 36 heavy (non-hydrogen) atoms.